The van der Waals surface area contributed by atoms with Crippen molar-refractivity contribution in [2.75, 3.05) is 7.11 Å². The fourth-order valence-corrected chi connectivity index (χ4v) is 2.48. The van der Waals surface area contributed by atoms with E-state index in [0.717, 1.165) is 11.3 Å². The largest absolute Gasteiger partial charge is 0.497 e. The van der Waals surface area contributed by atoms with Crippen molar-refractivity contribution in [3.63, 3.8) is 0 Å². The van der Waals surface area contributed by atoms with Crippen LogP contribution < -0.4 is 14.9 Å². The Morgan fingerprint density at radius 1 is 0.871 bits per heavy atom. The second-order valence-corrected chi connectivity index (χ2v) is 6.30. The number of rotatable bonds is 7. The summed E-state index contributed by atoms with van der Waals surface area (Å²) in [7, 11) is 1.59. The van der Waals surface area contributed by atoms with E-state index >= 15 is 0 Å². The predicted molar refractivity (Wildman–Crippen MR) is 116 cm³/mol. The molecule has 0 saturated heterocycles. The highest BCUT2D eigenvalue weighted by Crippen LogP contribution is 2.14. The van der Waals surface area contributed by atoms with Gasteiger partial charge in [0.1, 0.15) is 17.3 Å². The van der Waals surface area contributed by atoms with Crippen LogP contribution in [0.5, 0.6) is 11.5 Å². The van der Waals surface area contributed by atoms with Gasteiger partial charge in [0, 0.05) is 11.6 Å². The van der Waals surface area contributed by atoms with Crippen LogP contribution in [0.15, 0.2) is 84.0 Å². The summed E-state index contributed by atoms with van der Waals surface area (Å²) in [5.74, 6) is -0.276. The minimum absolute atomic E-state index is 0.295. The molecule has 3 rings (SSSR count). The number of esters is 1. The number of nitrogens with one attached hydrogen (secondary N) is 1. The van der Waals surface area contributed by atoms with E-state index in [1.165, 1.54) is 36.6 Å². The minimum Gasteiger partial charge on any atom is -0.497 e. The Labute approximate surface area is 178 Å². The summed E-state index contributed by atoms with van der Waals surface area (Å²) in [5, 5.41) is 3.86. The molecular formula is C24H19FN2O4. The molecule has 3 aromatic rings. The molecule has 156 valence electrons. The number of ether oxygens (including phenoxy) is 2. The zero-order valence-electron chi connectivity index (χ0n) is 16.6. The Morgan fingerprint density at radius 2 is 1.48 bits per heavy atom. The Kier molecular flexibility index (Phi) is 7.26. The van der Waals surface area contributed by atoms with Gasteiger partial charge in [0.25, 0.3) is 5.91 Å². The lowest BCUT2D eigenvalue weighted by Crippen LogP contribution is -2.17. The molecule has 0 atom stereocenters. The summed E-state index contributed by atoms with van der Waals surface area (Å²) in [5.41, 5.74) is 4.18. The third-order valence-corrected chi connectivity index (χ3v) is 4.11. The molecule has 0 heterocycles. The van der Waals surface area contributed by atoms with E-state index in [-0.39, 0.29) is 0 Å². The maximum atomic E-state index is 12.9. The number of nitrogens with zero attached hydrogens (tertiary/aromatic N) is 1. The zero-order valence-corrected chi connectivity index (χ0v) is 16.6. The molecule has 1 N–H and O–H groups in total. The highest BCUT2D eigenvalue weighted by atomic mass is 19.1. The van der Waals surface area contributed by atoms with Gasteiger partial charge in [-0.15, -0.1) is 0 Å². The molecule has 31 heavy (non-hydrogen) atoms. The zero-order chi connectivity index (χ0) is 22.1. The van der Waals surface area contributed by atoms with E-state index in [0.29, 0.717) is 16.9 Å². The number of hydrogen-bond acceptors (Lipinski definition) is 5. The van der Waals surface area contributed by atoms with Crippen LogP contribution in [0.3, 0.4) is 0 Å². The van der Waals surface area contributed by atoms with Crippen molar-refractivity contribution in [1.82, 2.24) is 5.43 Å². The highest BCUT2D eigenvalue weighted by Gasteiger charge is 2.04. The van der Waals surface area contributed by atoms with Gasteiger partial charge in [-0.3, -0.25) is 4.79 Å². The molecule has 6 nitrogen and oxygen atoms in total. The van der Waals surface area contributed by atoms with Gasteiger partial charge in [0.2, 0.25) is 0 Å². The van der Waals surface area contributed by atoms with Crippen LogP contribution in [-0.2, 0) is 4.79 Å². The van der Waals surface area contributed by atoms with E-state index < -0.39 is 17.7 Å². The van der Waals surface area contributed by atoms with Crippen molar-refractivity contribution in [3.05, 3.63) is 101 Å². The van der Waals surface area contributed by atoms with E-state index in [2.05, 4.69) is 10.5 Å². The number of carbonyl (C=O) groups excluding carboxylic acids is 2. The number of halogens is 1. The SMILES string of the molecule is COc1ccc(/C=C\C(=O)Oc2ccc(C=NNC(=O)c3ccc(F)cc3)cc2)cc1. The van der Waals surface area contributed by atoms with Gasteiger partial charge in [-0.25, -0.2) is 14.6 Å². The lowest BCUT2D eigenvalue weighted by molar-refractivity contribution is -0.128. The van der Waals surface area contributed by atoms with Crippen LogP contribution in [0.1, 0.15) is 21.5 Å². The standard InChI is InChI=1S/C24H19FN2O4/c1-30-21-11-2-17(3-12-21)6-15-23(28)31-22-13-4-18(5-14-22)16-26-27-24(29)19-7-9-20(25)10-8-19/h2-16H,1H3,(H,27,29)/b15-6-,26-16?. The Balaban J connectivity index is 1.50. The fourth-order valence-electron chi connectivity index (χ4n) is 2.48. The molecule has 0 fully saturated rings. The van der Waals surface area contributed by atoms with Crippen molar-refractivity contribution in [1.29, 1.82) is 0 Å². The third-order valence-electron chi connectivity index (χ3n) is 4.11. The minimum atomic E-state index is -0.510. The Morgan fingerprint density at radius 3 is 2.13 bits per heavy atom. The summed E-state index contributed by atoms with van der Waals surface area (Å²) >= 11 is 0. The number of carbonyl (C=O) groups is 2. The molecule has 0 unspecified atom stereocenters. The van der Waals surface area contributed by atoms with Gasteiger partial charge in [-0.1, -0.05) is 12.1 Å². The molecular weight excluding hydrogens is 399 g/mol. The molecule has 0 aliphatic rings. The molecule has 0 aromatic heterocycles. The van der Waals surface area contributed by atoms with Gasteiger partial charge in [-0.2, -0.15) is 5.10 Å². The van der Waals surface area contributed by atoms with Crippen LogP contribution in [0.2, 0.25) is 0 Å². The second kappa shape index (κ2) is 10.5. The quantitative estimate of drug-likeness (QED) is 0.205. The van der Waals surface area contributed by atoms with Gasteiger partial charge < -0.3 is 9.47 Å². The molecule has 0 aliphatic heterocycles. The molecule has 7 heteroatoms. The summed E-state index contributed by atoms with van der Waals surface area (Å²) in [6, 6.07) is 19.0. The van der Waals surface area contributed by atoms with Crippen LogP contribution in [0.4, 0.5) is 4.39 Å². The first-order valence-electron chi connectivity index (χ1n) is 9.26. The van der Waals surface area contributed by atoms with E-state index in [1.54, 1.807) is 49.6 Å². The topological polar surface area (TPSA) is 77.0 Å². The number of methoxy groups -OCH3 is 1. The third kappa shape index (κ3) is 6.64. The fraction of sp³-hybridized carbons (Fsp3) is 0.0417. The predicted octanol–water partition coefficient (Wildman–Crippen LogP) is 4.22. The Bertz CT molecular complexity index is 1090. The molecule has 0 spiro atoms. The molecule has 0 saturated carbocycles. The van der Waals surface area contributed by atoms with Crippen LogP contribution in [0.25, 0.3) is 6.08 Å². The van der Waals surface area contributed by atoms with E-state index in [1.807, 2.05) is 12.1 Å². The average molecular weight is 418 g/mol. The maximum Gasteiger partial charge on any atom is 0.336 e. The van der Waals surface area contributed by atoms with Gasteiger partial charge >= 0.3 is 5.97 Å². The smallest absolute Gasteiger partial charge is 0.336 e. The molecule has 0 bridgehead atoms. The lowest BCUT2D eigenvalue weighted by atomic mass is 10.2. The van der Waals surface area contributed by atoms with Gasteiger partial charge in [0.15, 0.2) is 0 Å². The molecule has 1 amide bonds. The van der Waals surface area contributed by atoms with Crippen LogP contribution >= 0.6 is 0 Å². The van der Waals surface area contributed by atoms with Gasteiger partial charge in [-0.05, 0) is 77.9 Å². The first-order chi connectivity index (χ1) is 15.0. The summed E-state index contributed by atoms with van der Waals surface area (Å²) in [6.45, 7) is 0. The monoisotopic (exact) mass is 418 g/mol. The summed E-state index contributed by atoms with van der Waals surface area (Å²) in [4.78, 5) is 23.9. The Hall–Kier alpha value is -4.26. The van der Waals surface area contributed by atoms with Crippen molar-refractivity contribution in [2.24, 2.45) is 5.10 Å². The highest BCUT2D eigenvalue weighted by molar-refractivity contribution is 5.94. The van der Waals surface area contributed by atoms with Crippen molar-refractivity contribution in [2.45, 2.75) is 0 Å². The summed E-state index contributed by atoms with van der Waals surface area (Å²) < 4.78 is 23.2. The molecule has 0 radical (unpaired) electrons. The normalized spacial score (nSPS) is 10.9. The number of amides is 1. The average Bonchev–Trinajstić information content (AvgIpc) is 2.79. The van der Waals surface area contributed by atoms with E-state index in [9.17, 15) is 14.0 Å². The van der Waals surface area contributed by atoms with Crippen molar-refractivity contribution in [3.8, 4) is 11.5 Å². The molecule has 3 aromatic carbocycles. The van der Waals surface area contributed by atoms with Crippen molar-refractivity contribution < 1.29 is 23.5 Å². The number of hydrogen-bond donors (Lipinski definition) is 1. The molecule has 0 aliphatic carbocycles. The summed E-state index contributed by atoms with van der Waals surface area (Å²) in [6.07, 6.45) is 4.42. The van der Waals surface area contributed by atoms with E-state index in [4.69, 9.17) is 9.47 Å². The number of benzene rings is 3. The lowest BCUT2D eigenvalue weighted by Gasteiger charge is -2.02. The number of hydrazone groups is 1. The van der Waals surface area contributed by atoms with Gasteiger partial charge in [0.05, 0.1) is 13.3 Å². The van der Waals surface area contributed by atoms with Crippen LogP contribution in [0, 0.1) is 5.82 Å². The van der Waals surface area contributed by atoms with Crippen LogP contribution in [-0.4, -0.2) is 25.2 Å². The van der Waals surface area contributed by atoms with Crippen molar-refractivity contribution >= 4 is 24.2 Å². The maximum absolute atomic E-state index is 12.9. The first kappa shape index (κ1) is 21.4. The second-order valence-electron chi connectivity index (χ2n) is 6.30. The first-order valence-corrected chi connectivity index (χ1v) is 9.26.